The van der Waals surface area contributed by atoms with Crippen molar-refractivity contribution in [3.63, 3.8) is 0 Å². The zero-order valence-corrected chi connectivity index (χ0v) is 15.9. The first-order chi connectivity index (χ1) is 12.7. The molecule has 0 unspecified atom stereocenters. The Labute approximate surface area is 156 Å². The Bertz CT molecular complexity index is 892. The summed E-state index contributed by atoms with van der Waals surface area (Å²) in [6.45, 7) is 3.37. The predicted octanol–water partition coefficient (Wildman–Crippen LogP) is 3.60. The molecule has 136 valence electrons. The van der Waals surface area contributed by atoms with Crippen molar-refractivity contribution in [3.05, 3.63) is 57.4 Å². The van der Waals surface area contributed by atoms with Crippen LogP contribution in [-0.2, 0) is 13.0 Å². The van der Waals surface area contributed by atoms with Crippen LogP contribution in [0.5, 0.6) is 11.5 Å². The Morgan fingerprint density at radius 3 is 2.73 bits per heavy atom. The van der Waals surface area contributed by atoms with Gasteiger partial charge < -0.3 is 14.0 Å². The highest BCUT2D eigenvalue weighted by Gasteiger charge is 2.32. The van der Waals surface area contributed by atoms with Crippen molar-refractivity contribution in [2.45, 2.75) is 25.9 Å². The van der Waals surface area contributed by atoms with E-state index in [1.54, 1.807) is 25.6 Å². The van der Waals surface area contributed by atoms with E-state index in [0.717, 1.165) is 24.5 Å². The van der Waals surface area contributed by atoms with E-state index in [4.69, 9.17) is 14.0 Å². The van der Waals surface area contributed by atoms with Gasteiger partial charge in [-0.25, -0.2) is 0 Å². The average molecular weight is 371 g/mol. The lowest BCUT2D eigenvalue weighted by Gasteiger charge is -2.36. The number of aromatic nitrogens is 2. The van der Waals surface area contributed by atoms with E-state index in [1.807, 2.05) is 6.92 Å². The zero-order valence-electron chi connectivity index (χ0n) is 15.1. The molecule has 0 N–H and O–H groups in total. The molecule has 0 saturated heterocycles. The molecular weight excluding hydrogens is 350 g/mol. The second kappa shape index (κ2) is 7.09. The number of rotatable bonds is 5. The molecule has 1 aliphatic rings. The number of fused-ring (bicyclic) bond motifs is 1. The van der Waals surface area contributed by atoms with Crippen LogP contribution in [0.2, 0.25) is 0 Å². The fraction of sp³-hybridized carbons (Fsp3) is 0.368. The summed E-state index contributed by atoms with van der Waals surface area (Å²) in [6, 6.07) is 8.59. The van der Waals surface area contributed by atoms with E-state index in [9.17, 15) is 0 Å². The van der Waals surface area contributed by atoms with Crippen molar-refractivity contribution in [1.29, 1.82) is 0 Å². The summed E-state index contributed by atoms with van der Waals surface area (Å²) in [5.41, 5.74) is 2.53. The minimum Gasteiger partial charge on any atom is -0.493 e. The summed E-state index contributed by atoms with van der Waals surface area (Å²) >= 11 is 1.76. The number of hydrogen-bond donors (Lipinski definition) is 0. The van der Waals surface area contributed by atoms with Crippen molar-refractivity contribution < 1.29 is 14.0 Å². The quantitative estimate of drug-likeness (QED) is 0.683. The van der Waals surface area contributed by atoms with Gasteiger partial charge in [-0.3, -0.25) is 4.90 Å². The van der Waals surface area contributed by atoms with Gasteiger partial charge in [0.05, 0.1) is 26.8 Å². The second-order valence-electron chi connectivity index (χ2n) is 6.28. The molecule has 3 aromatic rings. The number of hydrogen-bond acceptors (Lipinski definition) is 7. The number of benzene rings is 1. The molecular formula is C19H21N3O3S. The van der Waals surface area contributed by atoms with E-state index in [0.29, 0.717) is 18.3 Å². The first-order valence-corrected chi connectivity index (χ1v) is 9.39. The minimum absolute atomic E-state index is 0.130. The molecule has 26 heavy (non-hydrogen) atoms. The average Bonchev–Trinajstić information content (AvgIpc) is 3.32. The van der Waals surface area contributed by atoms with Crippen LogP contribution in [0.4, 0.5) is 0 Å². The lowest BCUT2D eigenvalue weighted by atomic mass is 9.91. The molecule has 0 aliphatic carbocycles. The first kappa shape index (κ1) is 17.1. The molecule has 1 aromatic carbocycles. The molecule has 0 amide bonds. The zero-order chi connectivity index (χ0) is 18.1. The van der Waals surface area contributed by atoms with Gasteiger partial charge in [0.1, 0.15) is 0 Å². The number of ether oxygens (including phenoxy) is 2. The van der Waals surface area contributed by atoms with E-state index in [-0.39, 0.29) is 6.04 Å². The number of nitrogens with zero attached hydrogens (tertiary/aromatic N) is 3. The van der Waals surface area contributed by atoms with E-state index >= 15 is 0 Å². The Morgan fingerprint density at radius 2 is 2.08 bits per heavy atom. The van der Waals surface area contributed by atoms with Crippen LogP contribution >= 0.6 is 11.3 Å². The van der Waals surface area contributed by atoms with Gasteiger partial charge in [-0.05, 0) is 48.1 Å². The van der Waals surface area contributed by atoms with Crippen LogP contribution in [-0.4, -0.2) is 35.8 Å². The molecule has 6 nitrogen and oxygen atoms in total. The molecule has 1 atom stereocenters. The van der Waals surface area contributed by atoms with E-state index in [2.05, 4.69) is 44.7 Å². The Hall–Kier alpha value is -2.38. The smallest absolute Gasteiger partial charge is 0.240 e. The van der Waals surface area contributed by atoms with Gasteiger partial charge in [0.15, 0.2) is 17.3 Å². The summed E-state index contributed by atoms with van der Waals surface area (Å²) in [5.74, 6) is 2.84. The minimum atomic E-state index is 0.130. The van der Waals surface area contributed by atoms with Gasteiger partial charge in [0.25, 0.3) is 0 Å². The van der Waals surface area contributed by atoms with E-state index < -0.39 is 0 Å². The Balaban J connectivity index is 1.76. The SMILES string of the molecule is COc1cc2c(cc1OC)[C@H](c1cccs1)N(Cc1nc(C)no1)CC2. The normalized spacial score (nSPS) is 17.1. The van der Waals surface area contributed by atoms with Crippen LogP contribution in [0.15, 0.2) is 34.2 Å². The van der Waals surface area contributed by atoms with Crippen LogP contribution in [0.1, 0.15) is 33.8 Å². The lowest BCUT2D eigenvalue weighted by molar-refractivity contribution is 0.179. The summed E-state index contributed by atoms with van der Waals surface area (Å²) in [4.78, 5) is 8.05. The van der Waals surface area contributed by atoms with Crippen molar-refractivity contribution >= 4 is 11.3 Å². The van der Waals surface area contributed by atoms with Crippen LogP contribution in [0.25, 0.3) is 0 Å². The van der Waals surface area contributed by atoms with Crippen molar-refractivity contribution in [3.8, 4) is 11.5 Å². The molecule has 1 aliphatic heterocycles. The maximum atomic E-state index is 5.54. The lowest BCUT2D eigenvalue weighted by Crippen LogP contribution is -2.35. The van der Waals surface area contributed by atoms with Crippen molar-refractivity contribution in [1.82, 2.24) is 15.0 Å². The fourth-order valence-electron chi connectivity index (χ4n) is 3.53. The summed E-state index contributed by atoms with van der Waals surface area (Å²) in [7, 11) is 3.35. The molecule has 2 aromatic heterocycles. The molecule has 4 rings (SSSR count). The van der Waals surface area contributed by atoms with Gasteiger partial charge in [0.2, 0.25) is 5.89 Å². The highest BCUT2D eigenvalue weighted by atomic mass is 32.1. The summed E-state index contributed by atoms with van der Waals surface area (Å²) in [6.07, 6.45) is 0.935. The van der Waals surface area contributed by atoms with Crippen LogP contribution in [0, 0.1) is 6.92 Å². The van der Waals surface area contributed by atoms with Crippen molar-refractivity contribution in [2.75, 3.05) is 20.8 Å². The maximum absolute atomic E-state index is 5.54. The van der Waals surface area contributed by atoms with Gasteiger partial charge in [0, 0.05) is 11.4 Å². The monoisotopic (exact) mass is 371 g/mol. The third kappa shape index (κ3) is 3.08. The van der Waals surface area contributed by atoms with E-state index in [1.165, 1.54) is 16.0 Å². The molecule has 7 heteroatoms. The van der Waals surface area contributed by atoms with Crippen LogP contribution in [0.3, 0.4) is 0 Å². The van der Waals surface area contributed by atoms with Crippen LogP contribution < -0.4 is 9.47 Å². The Morgan fingerprint density at radius 1 is 1.27 bits per heavy atom. The predicted molar refractivity (Wildman–Crippen MR) is 98.9 cm³/mol. The third-order valence-electron chi connectivity index (χ3n) is 4.69. The second-order valence-corrected chi connectivity index (χ2v) is 7.26. The van der Waals surface area contributed by atoms with Gasteiger partial charge in [-0.1, -0.05) is 11.2 Å². The summed E-state index contributed by atoms with van der Waals surface area (Å²) < 4.78 is 16.4. The number of methoxy groups -OCH3 is 2. The largest absolute Gasteiger partial charge is 0.493 e. The molecule has 0 fully saturated rings. The summed E-state index contributed by atoms with van der Waals surface area (Å²) in [5, 5.41) is 6.03. The number of aryl methyl sites for hydroxylation is 1. The fourth-order valence-corrected chi connectivity index (χ4v) is 4.40. The first-order valence-electron chi connectivity index (χ1n) is 8.51. The molecule has 0 radical (unpaired) electrons. The topological polar surface area (TPSA) is 60.6 Å². The third-order valence-corrected chi connectivity index (χ3v) is 5.62. The molecule has 0 bridgehead atoms. The molecule has 3 heterocycles. The van der Waals surface area contributed by atoms with Gasteiger partial charge >= 0.3 is 0 Å². The molecule has 0 spiro atoms. The molecule has 0 saturated carbocycles. The number of thiophene rings is 1. The Kier molecular flexibility index (Phi) is 4.65. The standard InChI is InChI=1S/C19H21N3O3S/c1-12-20-18(25-21-12)11-22-7-6-13-9-15(23-2)16(24-3)10-14(13)19(22)17-5-4-8-26-17/h4-5,8-10,19H,6-7,11H2,1-3H3/t19-/m1/s1. The van der Waals surface area contributed by atoms with Gasteiger partial charge in [-0.2, -0.15) is 4.98 Å². The van der Waals surface area contributed by atoms with Gasteiger partial charge in [-0.15, -0.1) is 11.3 Å². The maximum Gasteiger partial charge on any atom is 0.240 e. The van der Waals surface area contributed by atoms with Crippen molar-refractivity contribution in [2.24, 2.45) is 0 Å². The highest BCUT2D eigenvalue weighted by molar-refractivity contribution is 7.10. The highest BCUT2D eigenvalue weighted by Crippen LogP contribution is 2.42.